The number of hydrogen-bond acceptors (Lipinski definition) is 4. The summed E-state index contributed by atoms with van der Waals surface area (Å²) >= 11 is 0. The molecular formula is C14H14N2O2. The molecule has 2 heterocycles. The number of ether oxygens (including phenoxy) is 2. The van der Waals surface area contributed by atoms with Gasteiger partial charge in [0.25, 0.3) is 0 Å². The molecule has 92 valence electrons. The Balaban J connectivity index is 1.70. The van der Waals surface area contributed by atoms with E-state index >= 15 is 0 Å². The van der Waals surface area contributed by atoms with E-state index < -0.39 is 0 Å². The zero-order valence-electron chi connectivity index (χ0n) is 9.93. The van der Waals surface area contributed by atoms with Gasteiger partial charge >= 0.3 is 0 Å². The highest BCUT2D eigenvalue weighted by atomic mass is 16.6. The fraction of sp³-hybridized carbons (Fsp3) is 0.214. The molecule has 0 atom stereocenters. The molecule has 1 aromatic heterocycles. The Bertz CT molecular complexity index is 529. The molecular weight excluding hydrogens is 228 g/mol. The van der Waals surface area contributed by atoms with Crippen molar-refractivity contribution in [1.29, 1.82) is 0 Å². The zero-order valence-corrected chi connectivity index (χ0v) is 9.93. The lowest BCUT2D eigenvalue weighted by Gasteiger charge is -2.19. The molecule has 0 amide bonds. The fourth-order valence-electron chi connectivity index (χ4n) is 1.86. The number of anilines is 1. The lowest BCUT2D eigenvalue weighted by molar-refractivity contribution is 0.171. The average molecular weight is 242 g/mol. The van der Waals surface area contributed by atoms with E-state index in [1.807, 2.05) is 36.5 Å². The van der Waals surface area contributed by atoms with E-state index in [1.54, 1.807) is 6.20 Å². The van der Waals surface area contributed by atoms with Gasteiger partial charge in [-0.05, 0) is 23.8 Å². The minimum atomic E-state index is 0.610. The molecule has 3 rings (SSSR count). The number of nitrogens with zero attached hydrogens (tertiary/aromatic N) is 1. The molecule has 1 aliphatic heterocycles. The van der Waals surface area contributed by atoms with Crippen molar-refractivity contribution in [1.82, 2.24) is 4.98 Å². The summed E-state index contributed by atoms with van der Waals surface area (Å²) in [7, 11) is 0. The van der Waals surface area contributed by atoms with Crippen molar-refractivity contribution >= 4 is 5.69 Å². The van der Waals surface area contributed by atoms with Crippen LogP contribution in [0.5, 0.6) is 11.5 Å². The minimum absolute atomic E-state index is 0.610. The number of pyridine rings is 1. The summed E-state index contributed by atoms with van der Waals surface area (Å²) in [5.41, 5.74) is 2.16. The number of fused-ring (bicyclic) bond motifs is 1. The van der Waals surface area contributed by atoms with Gasteiger partial charge in [-0.15, -0.1) is 0 Å². The maximum absolute atomic E-state index is 5.54. The third-order valence-electron chi connectivity index (χ3n) is 2.76. The van der Waals surface area contributed by atoms with E-state index in [-0.39, 0.29) is 0 Å². The predicted octanol–water partition coefficient (Wildman–Crippen LogP) is 2.46. The van der Waals surface area contributed by atoms with Crippen LogP contribution in [0.15, 0.2) is 42.7 Å². The second-order valence-electron chi connectivity index (χ2n) is 4.07. The molecule has 0 saturated heterocycles. The predicted molar refractivity (Wildman–Crippen MR) is 69.0 cm³/mol. The van der Waals surface area contributed by atoms with Crippen molar-refractivity contribution in [3.8, 4) is 11.5 Å². The smallest absolute Gasteiger partial charge is 0.163 e. The van der Waals surface area contributed by atoms with E-state index in [4.69, 9.17) is 9.47 Å². The van der Waals surface area contributed by atoms with Crippen LogP contribution in [0, 0.1) is 0 Å². The highest BCUT2D eigenvalue weighted by Gasteiger charge is 2.11. The van der Waals surface area contributed by atoms with Crippen LogP contribution >= 0.6 is 0 Å². The largest absolute Gasteiger partial charge is 0.486 e. The first-order chi connectivity index (χ1) is 8.92. The van der Waals surface area contributed by atoms with Gasteiger partial charge in [0.1, 0.15) is 13.2 Å². The van der Waals surface area contributed by atoms with Crippen LogP contribution in [-0.2, 0) is 6.54 Å². The first-order valence-electron chi connectivity index (χ1n) is 5.94. The van der Waals surface area contributed by atoms with Crippen LogP contribution < -0.4 is 14.8 Å². The van der Waals surface area contributed by atoms with Gasteiger partial charge in [0, 0.05) is 30.7 Å². The average Bonchev–Trinajstić information content (AvgIpc) is 2.46. The monoisotopic (exact) mass is 242 g/mol. The lowest BCUT2D eigenvalue weighted by Crippen LogP contribution is -2.15. The molecule has 0 saturated carbocycles. The first kappa shape index (κ1) is 10.9. The fourth-order valence-corrected chi connectivity index (χ4v) is 1.86. The SMILES string of the molecule is c1cncc(CNc2ccc3c(c2)OCCO3)c1. The Morgan fingerprint density at radius 1 is 1.11 bits per heavy atom. The second-order valence-corrected chi connectivity index (χ2v) is 4.07. The molecule has 0 unspecified atom stereocenters. The summed E-state index contributed by atoms with van der Waals surface area (Å²) < 4.78 is 11.0. The number of rotatable bonds is 3. The summed E-state index contributed by atoms with van der Waals surface area (Å²) in [5.74, 6) is 1.62. The molecule has 4 nitrogen and oxygen atoms in total. The van der Waals surface area contributed by atoms with Gasteiger partial charge in [0.2, 0.25) is 0 Å². The minimum Gasteiger partial charge on any atom is -0.486 e. The molecule has 4 heteroatoms. The number of nitrogens with one attached hydrogen (secondary N) is 1. The van der Waals surface area contributed by atoms with Crippen LogP contribution in [0.3, 0.4) is 0 Å². The Kier molecular flexibility index (Phi) is 3.00. The Hall–Kier alpha value is -2.23. The van der Waals surface area contributed by atoms with Crippen molar-refractivity contribution in [2.45, 2.75) is 6.54 Å². The van der Waals surface area contributed by atoms with Gasteiger partial charge < -0.3 is 14.8 Å². The number of benzene rings is 1. The van der Waals surface area contributed by atoms with Gasteiger partial charge in [-0.3, -0.25) is 4.98 Å². The van der Waals surface area contributed by atoms with E-state index in [0.717, 1.165) is 29.3 Å². The molecule has 2 aromatic rings. The Morgan fingerprint density at radius 2 is 2.00 bits per heavy atom. The van der Waals surface area contributed by atoms with E-state index in [0.29, 0.717) is 13.2 Å². The van der Waals surface area contributed by atoms with Crippen LogP contribution in [-0.4, -0.2) is 18.2 Å². The maximum atomic E-state index is 5.54. The van der Waals surface area contributed by atoms with Crippen molar-refractivity contribution < 1.29 is 9.47 Å². The third-order valence-corrected chi connectivity index (χ3v) is 2.76. The number of hydrogen-bond donors (Lipinski definition) is 1. The van der Waals surface area contributed by atoms with Crippen LogP contribution in [0.2, 0.25) is 0 Å². The Morgan fingerprint density at radius 3 is 2.83 bits per heavy atom. The lowest BCUT2D eigenvalue weighted by atomic mass is 10.2. The molecule has 18 heavy (non-hydrogen) atoms. The van der Waals surface area contributed by atoms with Crippen molar-refractivity contribution in [2.75, 3.05) is 18.5 Å². The van der Waals surface area contributed by atoms with Crippen LogP contribution in [0.4, 0.5) is 5.69 Å². The summed E-state index contributed by atoms with van der Waals surface area (Å²) in [6.07, 6.45) is 3.62. The van der Waals surface area contributed by atoms with Gasteiger partial charge in [-0.25, -0.2) is 0 Å². The summed E-state index contributed by atoms with van der Waals surface area (Å²) in [4.78, 5) is 4.08. The molecule has 1 N–H and O–H groups in total. The number of aromatic nitrogens is 1. The Labute approximate surface area is 106 Å². The summed E-state index contributed by atoms with van der Waals surface area (Å²) in [6, 6.07) is 9.85. The second kappa shape index (κ2) is 4.96. The molecule has 0 bridgehead atoms. The highest BCUT2D eigenvalue weighted by Crippen LogP contribution is 2.32. The molecule has 0 fully saturated rings. The van der Waals surface area contributed by atoms with E-state index in [9.17, 15) is 0 Å². The summed E-state index contributed by atoms with van der Waals surface area (Å²) in [6.45, 7) is 1.97. The normalized spacial score (nSPS) is 13.1. The van der Waals surface area contributed by atoms with Crippen molar-refractivity contribution in [3.05, 3.63) is 48.3 Å². The van der Waals surface area contributed by atoms with E-state index in [1.165, 1.54) is 0 Å². The summed E-state index contributed by atoms with van der Waals surface area (Å²) in [5, 5.41) is 3.34. The van der Waals surface area contributed by atoms with Gasteiger partial charge in [-0.1, -0.05) is 6.07 Å². The molecule has 1 aliphatic rings. The van der Waals surface area contributed by atoms with E-state index in [2.05, 4.69) is 10.3 Å². The molecule has 1 aromatic carbocycles. The van der Waals surface area contributed by atoms with Crippen molar-refractivity contribution in [2.24, 2.45) is 0 Å². The van der Waals surface area contributed by atoms with Crippen LogP contribution in [0.1, 0.15) is 5.56 Å². The van der Waals surface area contributed by atoms with Gasteiger partial charge in [0.05, 0.1) is 0 Å². The standard InChI is InChI=1S/C14H14N2O2/c1-2-11(9-15-5-1)10-16-12-3-4-13-14(8-12)18-7-6-17-13/h1-5,8-9,16H,6-7,10H2. The van der Waals surface area contributed by atoms with Gasteiger partial charge in [-0.2, -0.15) is 0 Å². The highest BCUT2D eigenvalue weighted by molar-refractivity contribution is 5.55. The molecule has 0 spiro atoms. The zero-order chi connectivity index (χ0) is 12.2. The topological polar surface area (TPSA) is 43.4 Å². The van der Waals surface area contributed by atoms with Crippen LogP contribution in [0.25, 0.3) is 0 Å². The third kappa shape index (κ3) is 2.37. The molecule has 0 aliphatic carbocycles. The first-order valence-corrected chi connectivity index (χ1v) is 5.94. The quantitative estimate of drug-likeness (QED) is 0.898. The van der Waals surface area contributed by atoms with Gasteiger partial charge in [0.15, 0.2) is 11.5 Å². The molecule has 0 radical (unpaired) electrons. The maximum Gasteiger partial charge on any atom is 0.163 e. The van der Waals surface area contributed by atoms with Crippen molar-refractivity contribution in [3.63, 3.8) is 0 Å².